The molecule has 3 heterocycles. The maximum Gasteiger partial charge on any atom is 0.267 e. The number of aryl methyl sites for hydroxylation is 1. The van der Waals surface area contributed by atoms with Crippen LogP contribution in [-0.4, -0.2) is 33.9 Å². The molecule has 1 fully saturated rings. The van der Waals surface area contributed by atoms with E-state index in [2.05, 4.69) is 37.3 Å². The number of thiazole rings is 1. The lowest BCUT2D eigenvalue weighted by atomic mass is 10.1. The molecule has 0 atom stereocenters. The van der Waals surface area contributed by atoms with Gasteiger partial charge in [0.05, 0.1) is 5.69 Å². The Morgan fingerprint density at radius 2 is 1.78 bits per heavy atom. The number of aromatic nitrogens is 3. The highest BCUT2D eigenvalue weighted by Gasteiger charge is 2.18. The van der Waals surface area contributed by atoms with Crippen molar-refractivity contribution >= 4 is 28.6 Å². The van der Waals surface area contributed by atoms with Crippen LogP contribution in [0.15, 0.2) is 42.7 Å². The number of amides is 1. The molecule has 27 heavy (non-hydrogen) atoms. The fourth-order valence-corrected chi connectivity index (χ4v) is 4.12. The number of carbonyl (C=O) groups is 1. The predicted molar refractivity (Wildman–Crippen MR) is 108 cm³/mol. The van der Waals surface area contributed by atoms with Gasteiger partial charge < -0.3 is 10.2 Å². The Labute approximate surface area is 162 Å². The molecule has 2 aromatic heterocycles. The van der Waals surface area contributed by atoms with Gasteiger partial charge in [0.15, 0.2) is 10.8 Å². The zero-order chi connectivity index (χ0) is 18.6. The van der Waals surface area contributed by atoms with Crippen LogP contribution < -0.4 is 10.2 Å². The van der Waals surface area contributed by atoms with Crippen molar-refractivity contribution in [3.63, 3.8) is 0 Å². The minimum atomic E-state index is -0.155. The molecule has 6 nitrogen and oxygen atoms in total. The van der Waals surface area contributed by atoms with Gasteiger partial charge in [-0.3, -0.25) is 4.79 Å². The van der Waals surface area contributed by atoms with Gasteiger partial charge in [0, 0.05) is 36.9 Å². The van der Waals surface area contributed by atoms with Crippen molar-refractivity contribution < 1.29 is 4.79 Å². The molecule has 3 aromatic rings. The van der Waals surface area contributed by atoms with Gasteiger partial charge in [0.25, 0.3) is 5.91 Å². The number of anilines is 2. The number of rotatable bonds is 4. The summed E-state index contributed by atoms with van der Waals surface area (Å²) in [6, 6.07) is 9.82. The smallest absolute Gasteiger partial charge is 0.267 e. The van der Waals surface area contributed by atoms with E-state index in [0.29, 0.717) is 21.4 Å². The molecule has 138 valence electrons. The predicted octanol–water partition coefficient (Wildman–Crippen LogP) is 4.15. The summed E-state index contributed by atoms with van der Waals surface area (Å²) in [6.07, 6.45) is 7.15. The average molecular weight is 379 g/mol. The molecular formula is C20H21N5OS. The SMILES string of the molecule is Cc1nc(-c2ncccn2)sc1C(=O)Nc1ccc(N2CCCCC2)cc1. The van der Waals surface area contributed by atoms with Crippen molar-refractivity contribution in [2.75, 3.05) is 23.3 Å². The van der Waals surface area contributed by atoms with Gasteiger partial charge >= 0.3 is 0 Å². The fraction of sp³-hybridized carbons (Fsp3) is 0.300. The first-order chi connectivity index (χ1) is 13.2. The second-order valence-electron chi connectivity index (χ2n) is 6.55. The lowest BCUT2D eigenvalue weighted by Crippen LogP contribution is -2.29. The molecule has 1 amide bonds. The van der Waals surface area contributed by atoms with Gasteiger partial charge in [0.2, 0.25) is 0 Å². The van der Waals surface area contributed by atoms with Crippen LogP contribution in [0.2, 0.25) is 0 Å². The first-order valence-electron chi connectivity index (χ1n) is 9.12. The third-order valence-corrected chi connectivity index (χ3v) is 5.76. The van der Waals surface area contributed by atoms with Crippen molar-refractivity contribution in [2.45, 2.75) is 26.2 Å². The highest BCUT2D eigenvalue weighted by Crippen LogP contribution is 2.27. The van der Waals surface area contributed by atoms with E-state index in [0.717, 1.165) is 18.8 Å². The number of nitrogens with one attached hydrogen (secondary N) is 1. The van der Waals surface area contributed by atoms with E-state index in [-0.39, 0.29) is 5.91 Å². The molecular weight excluding hydrogens is 358 g/mol. The quantitative estimate of drug-likeness (QED) is 0.737. The minimum absolute atomic E-state index is 0.155. The summed E-state index contributed by atoms with van der Waals surface area (Å²) in [7, 11) is 0. The molecule has 7 heteroatoms. The molecule has 0 radical (unpaired) electrons. The van der Waals surface area contributed by atoms with Crippen LogP contribution in [0.4, 0.5) is 11.4 Å². The Bertz CT molecular complexity index is 917. The summed E-state index contributed by atoms with van der Waals surface area (Å²) < 4.78 is 0. The lowest BCUT2D eigenvalue weighted by Gasteiger charge is -2.28. The fourth-order valence-electron chi connectivity index (χ4n) is 3.21. The summed E-state index contributed by atoms with van der Waals surface area (Å²) in [6.45, 7) is 4.05. The summed E-state index contributed by atoms with van der Waals surface area (Å²) in [5.74, 6) is 0.383. The van der Waals surface area contributed by atoms with Gasteiger partial charge in [-0.15, -0.1) is 11.3 Å². The zero-order valence-corrected chi connectivity index (χ0v) is 16.0. The number of carbonyl (C=O) groups excluding carboxylic acids is 1. The third-order valence-electron chi connectivity index (χ3n) is 4.61. The summed E-state index contributed by atoms with van der Waals surface area (Å²) in [5, 5.41) is 3.62. The first kappa shape index (κ1) is 17.6. The lowest BCUT2D eigenvalue weighted by molar-refractivity contribution is 0.103. The summed E-state index contributed by atoms with van der Waals surface area (Å²) >= 11 is 1.31. The van der Waals surface area contributed by atoms with Crippen molar-refractivity contribution in [3.8, 4) is 10.8 Å². The zero-order valence-electron chi connectivity index (χ0n) is 15.2. The van der Waals surface area contributed by atoms with Gasteiger partial charge in [-0.05, 0) is 56.5 Å². The topological polar surface area (TPSA) is 71.0 Å². The van der Waals surface area contributed by atoms with Crippen LogP contribution >= 0.6 is 11.3 Å². The Morgan fingerprint density at radius 1 is 1.07 bits per heavy atom. The standard InChI is InChI=1S/C20H21N5OS/c1-14-17(27-20(23-14)18-21-10-5-11-22-18)19(26)24-15-6-8-16(9-7-15)25-12-3-2-4-13-25/h5-11H,2-4,12-13H2,1H3,(H,24,26). The molecule has 0 unspecified atom stereocenters. The Morgan fingerprint density at radius 3 is 2.48 bits per heavy atom. The van der Waals surface area contributed by atoms with Crippen molar-refractivity contribution in [1.29, 1.82) is 0 Å². The van der Waals surface area contributed by atoms with E-state index in [1.807, 2.05) is 19.1 Å². The maximum atomic E-state index is 12.7. The Hall–Kier alpha value is -2.80. The van der Waals surface area contributed by atoms with E-state index in [4.69, 9.17) is 0 Å². The van der Waals surface area contributed by atoms with Gasteiger partial charge in [-0.25, -0.2) is 15.0 Å². The average Bonchev–Trinajstić information content (AvgIpc) is 3.12. The van der Waals surface area contributed by atoms with Crippen LogP contribution in [0.1, 0.15) is 34.6 Å². The number of hydrogen-bond acceptors (Lipinski definition) is 6. The van der Waals surface area contributed by atoms with Crippen molar-refractivity contribution in [1.82, 2.24) is 15.0 Å². The van der Waals surface area contributed by atoms with E-state index in [9.17, 15) is 4.79 Å². The maximum absolute atomic E-state index is 12.7. The van der Waals surface area contributed by atoms with E-state index >= 15 is 0 Å². The van der Waals surface area contributed by atoms with Gasteiger partial charge in [0.1, 0.15) is 4.88 Å². The molecule has 1 N–H and O–H groups in total. The Balaban J connectivity index is 1.47. The second-order valence-corrected chi connectivity index (χ2v) is 7.55. The number of hydrogen-bond donors (Lipinski definition) is 1. The van der Waals surface area contributed by atoms with Crippen molar-refractivity contribution in [3.05, 3.63) is 53.3 Å². The molecule has 1 saturated heterocycles. The minimum Gasteiger partial charge on any atom is -0.372 e. The molecule has 0 bridgehead atoms. The van der Waals surface area contributed by atoms with Crippen molar-refractivity contribution in [2.24, 2.45) is 0 Å². The van der Waals surface area contributed by atoms with E-state index in [1.165, 1.54) is 36.3 Å². The molecule has 1 aliphatic rings. The summed E-state index contributed by atoms with van der Waals surface area (Å²) in [5.41, 5.74) is 2.68. The molecule has 0 saturated carbocycles. The first-order valence-corrected chi connectivity index (χ1v) is 9.93. The monoisotopic (exact) mass is 379 g/mol. The van der Waals surface area contributed by atoms with Crippen LogP contribution in [-0.2, 0) is 0 Å². The van der Waals surface area contributed by atoms with Gasteiger partial charge in [-0.2, -0.15) is 0 Å². The number of nitrogens with zero attached hydrogens (tertiary/aromatic N) is 4. The Kier molecular flexibility index (Phi) is 5.11. The van der Waals surface area contributed by atoms with Crippen LogP contribution in [0.3, 0.4) is 0 Å². The highest BCUT2D eigenvalue weighted by molar-refractivity contribution is 7.17. The van der Waals surface area contributed by atoms with Crippen LogP contribution in [0.25, 0.3) is 10.8 Å². The normalized spacial score (nSPS) is 14.2. The summed E-state index contributed by atoms with van der Waals surface area (Å²) in [4.78, 5) is 28.5. The highest BCUT2D eigenvalue weighted by atomic mass is 32.1. The molecule has 1 aromatic carbocycles. The third kappa shape index (κ3) is 3.98. The van der Waals surface area contributed by atoms with E-state index in [1.54, 1.807) is 18.5 Å². The van der Waals surface area contributed by atoms with Crippen LogP contribution in [0.5, 0.6) is 0 Å². The molecule has 4 rings (SSSR count). The largest absolute Gasteiger partial charge is 0.372 e. The number of benzene rings is 1. The van der Waals surface area contributed by atoms with E-state index < -0.39 is 0 Å². The number of piperidine rings is 1. The molecule has 1 aliphatic heterocycles. The van der Waals surface area contributed by atoms with Crippen LogP contribution in [0, 0.1) is 6.92 Å². The molecule has 0 spiro atoms. The van der Waals surface area contributed by atoms with Gasteiger partial charge in [-0.1, -0.05) is 0 Å². The second kappa shape index (κ2) is 7.84. The molecule has 0 aliphatic carbocycles.